The summed E-state index contributed by atoms with van der Waals surface area (Å²) in [6.45, 7) is 0. The molecule has 3 rings (SSSR count). The fourth-order valence-electron chi connectivity index (χ4n) is 2.12. The maximum Gasteiger partial charge on any atom is 0.249 e. The molecule has 0 aliphatic carbocycles. The lowest BCUT2D eigenvalue weighted by atomic mass is 10.2. The minimum absolute atomic E-state index is 0.319. The van der Waals surface area contributed by atoms with Crippen LogP contribution in [0, 0.1) is 0 Å². The average molecular weight is 375 g/mol. The van der Waals surface area contributed by atoms with Gasteiger partial charge >= 0.3 is 0 Å². The Balaban J connectivity index is 1.76. The minimum Gasteiger partial charge on any atom is -0.378 e. The Labute approximate surface area is 155 Å². The Hall–Kier alpha value is -2.57. The summed E-state index contributed by atoms with van der Waals surface area (Å²) in [7, 11) is 3.99. The van der Waals surface area contributed by atoms with E-state index in [0.717, 1.165) is 11.4 Å². The summed E-state index contributed by atoms with van der Waals surface area (Å²) in [5.41, 5.74) is 2.63. The lowest BCUT2D eigenvalue weighted by Crippen LogP contribution is -2.08. The van der Waals surface area contributed by atoms with Crippen LogP contribution in [-0.4, -0.2) is 29.3 Å². The van der Waals surface area contributed by atoms with Gasteiger partial charge < -0.3 is 15.5 Å². The normalized spacial score (nSPS) is 10.4. The molecule has 0 saturated heterocycles. The maximum absolute atomic E-state index is 6.14. The quantitative estimate of drug-likeness (QED) is 0.672. The van der Waals surface area contributed by atoms with Gasteiger partial charge in [-0.05, 0) is 42.5 Å². The molecule has 0 fully saturated rings. The van der Waals surface area contributed by atoms with Crippen LogP contribution in [0.5, 0.6) is 0 Å². The van der Waals surface area contributed by atoms with E-state index in [9.17, 15) is 0 Å². The first-order valence-corrected chi connectivity index (χ1v) is 8.23. The molecule has 0 atom stereocenters. The van der Waals surface area contributed by atoms with Crippen LogP contribution in [0.2, 0.25) is 10.0 Å². The zero-order valence-corrected chi connectivity index (χ0v) is 15.2. The molecule has 1 aromatic heterocycles. The van der Waals surface area contributed by atoms with Gasteiger partial charge in [-0.25, -0.2) is 0 Å². The van der Waals surface area contributed by atoms with E-state index >= 15 is 0 Å². The van der Waals surface area contributed by atoms with E-state index in [-0.39, 0.29) is 0 Å². The van der Waals surface area contributed by atoms with Crippen LogP contribution in [0.4, 0.5) is 28.8 Å². The van der Waals surface area contributed by atoms with Gasteiger partial charge in [0.2, 0.25) is 5.95 Å². The van der Waals surface area contributed by atoms with Gasteiger partial charge in [0, 0.05) is 30.5 Å². The molecule has 0 unspecified atom stereocenters. The summed E-state index contributed by atoms with van der Waals surface area (Å²) in [5, 5.41) is 15.2. The van der Waals surface area contributed by atoms with Gasteiger partial charge in [0.1, 0.15) is 0 Å². The van der Waals surface area contributed by atoms with Crippen LogP contribution in [0.15, 0.2) is 48.7 Å². The first kappa shape index (κ1) is 17.3. The monoisotopic (exact) mass is 374 g/mol. The Kier molecular flexibility index (Phi) is 5.21. The molecule has 0 bridgehead atoms. The highest BCUT2D eigenvalue weighted by Gasteiger charge is 2.06. The molecule has 128 valence electrons. The number of rotatable bonds is 5. The summed E-state index contributed by atoms with van der Waals surface area (Å²) in [5.74, 6) is 0.882. The maximum atomic E-state index is 6.14. The van der Waals surface area contributed by atoms with Crippen molar-refractivity contribution in [2.45, 2.75) is 0 Å². The van der Waals surface area contributed by atoms with Gasteiger partial charge in [0.05, 0.1) is 16.9 Å². The average Bonchev–Trinajstić information content (AvgIpc) is 2.59. The smallest absolute Gasteiger partial charge is 0.249 e. The second kappa shape index (κ2) is 7.55. The summed E-state index contributed by atoms with van der Waals surface area (Å²) in [6, 6.07) is 13.1. The Bertz CT molecular complexity index is 867. The molecule has 0 aliphatic heterocycles. The molecule has 8 heteroatoms. The zero-order chi connectivity index (χ0) is 17.8. The first-order chi connectivity index (χ1) is 12.0. The number of aromatic nitrogens is 3. The van der Waals surface area contributed by atoms with Gasteiger partial charge in [0.25, 0.3) is 0 Å². The fraction of sp³-hybridized carbons (Fsp3) is 0.118. The van der Waals surface area contributed by atoms with Crippen molar-refractivity contribution in [2.75, 3.05) is 29.6 Å². The lowest BCUT2D eigenvalue weighted by Gasteiger charge is -2.13. The van der Waals surface area contributed by atoms with Crippen molar-refractivity contribution in [1.29, 1.82) is 0 Å². The number of anilines is 5. The predicted octanol–water partition coefficient (Wildman–Crippen LogP) is 4.73. The van der Waals surface area contributed by atoms with Gasteiger partial charge in [0.15, 0.2) is 5.82 Å². The first-order valence-electron chi connectivity index (χ1n) is 7.47. The number of benzene rings is 2. The summed E-state index contributed by atoms with van der Waals surface area (Å²) < 4.78 is 0. The van der Waals surface area contributed by atoms with E-state index in [1.165, 1.54) is 0 Å². The van der Waals surface area contributed by atoms with E-state index in [1.807, 2.05) is 43.3 Å². The van der Waals surface area contributed by atoms with E-state index in [0.29, 0.717) is 27.5 Å². The number of nitrogens with one attached hydrogen (secondary N) is 2. The number of hydrogen-bond acceptors (Lipinski definition) is 6. The molecule has 0 radical (unpaired) electrons. The molecule has 0 amide bonds. The SMILES string of the molecule is CN(C)c1ccc(Nc2cnnc(Nc3cc(Cl)ccc3Cl)n2)cc1. The standard InChI is InChI=1S/C17H16Cl2N6/c1-25(2)13-6-4-12(5-7-13)21-16-10-20-24-17(23-16)22-15-9-11(18)3-8-14(15)19/h3-10H,1-2H3,(H2,21,22,23,24). The molecule has 25 heavy (non-hydrogen) atoms. The molecule has 0 saturated carbocycles. The molecular formula is C17H16Cl2N6. The molecule has 2 aromatic carbocycles. The summed E-state index contributed by atoms with van der Waals surface area (Å²) >= 11 is 12.1. The second-order valence-electron chi connectivity index (χ2n) is 5.48. The van der Waals surface area contributed by atoms with Crippen molar-refractivity contribution in [1.82, 2.24) is 15.2 Å². The van der Waals surface area contributed by atoms with Crippen molar-refractivity contribution < 1.29 is 0 Å². The Morgan fingerprint density at radius 3 is 2.44 bits per heavy atom. The van der Waals surface area contributed by atoms with Crippen molar-refractivity contribution >= 4 is 52.0 Å². The molecule has 6 nitrogen and oxygen atoms in total. The van der Waals surface area contributed by atoms with Crippen LogP contribution >= 0.6 is 23.2 Å². The highest BCUT2D eigenvalue weighted by Crippen LogP contribution is 2.27. The van der Waals surface area contributed by atoms with E-state index in [1.54, 1.807) is 24.4 Å². The van der Waals surface area contributed by atoms with E-state index in [2.05, 4.69) is 25.8 Å². The van der Waals surface area contributed by atoms with Crippen LogP contribution < -0.4 is 15.5 Å². The van der Waals surface area contributed by atoms with Crippen molar-refractivity contribution in [3.05, 3.63) is 58.7 Å². The molecule has 0 aliphatic rings. The lowest BCUT2D eigenvalue weighted by molar-refractivity contribution is 0.982. The highest BCUT2D eigenvalue weighted by atomic mass is 35.5. The molecule has 3 aromatic rings. The highest BCUT2D eigenvalue weighted by molar-refractivity contribution is 6.35. The van der Waals surface area contributed by atoms with Crippen molar-refractivity contribution in [3.8, 4) is 0 Å². The third kappa shape index (κ3) is 4.49. The zero-order valence-electron chi connectivity index (χ0n) is 13.7. The number of halogens is 2. The number of hydrogen-bond donors (Lipinski definition) is 2. The topological polar surface area (TPSA) is 66.0 Å². The predicted molar refractivity (Wildman–Crippen MR) is 104 cm³/mol. The van der Waals surface area contributed by atoms with Gasteiger partial charge in [-0.2, -0.15) is 10.1 Å². The van der Waals surface area contributed by atoms with Gasteiger partial charge in [-0.3, -0.25) is 0 Å². The summed E-state index contributed by atoms with van der Waals surface area (Å²) in [6.07, 6.45) is 1.55. The second-order valence-corrected chi connectivity index (χ2v) is 6.32. The number of nitrogens with zero attached hydrogens (tertiary/aromatic N) is 4. The fourth-order valence-corrected chi connectivity index (χ4v) is 2.46. The Morgan fingerprint density at radius 1 is 0.960 bits per heavy atom. The van der Waals surface area contributed by atoms with Crippen molar-refractivity contribution in [2.24, 2.45) is 0 Å². The van der Waals surface area contributed by atoms with Crippen LogP contribution in [-0.2, 0) is 0 Å². The van der Waals surface area contributed by atoms with Crippen LogP contribution in [0.1, 0.15) is 0 Å². The van der Waals surface area contributed by atoms with E-state index in [4.69, 9.17) is 23.2 Å². The summed E-state index contributed by atoms with van der Waals surface area (Å²) in [4.78, 5) is 6.42. The van der Waals surface area contributed by atoms with Gasteiger partial charge in [-0.1, -0.05) is 23.2 Å². The third-order valence-corrected chi connectivity index (χ3v) is 3.95. The molecule has 0 spiro atoms. The largest absolute Gasteiger partial charge is 0.378 e. The van der Waals surface area contributed by atoms with Crippen molar-refractivity contribution in [3.63, 3.8) is 0 Å². The Morgan fingerprint density at radius 2 is 1.72 bits per heavy atom. The molecule has 1 heterocycles. The minimum atomic E-state index is 0.319. The third-order valence-electron chi connectivity index (χ3n) is 3.39. The van der Waals surface area contributed by atoms with E-state index < -0.39 is 0 Å². The molecular weight excluding hydrogens is 359 g/mol. The molecule has 2 N–H and O–H groups in total. The van der Waals surface area contributed by atoms with Gasteiger partial charge in [-0.15, -0.1) is 5.10 Å². The van der Waals surface area contributed by atoms with Crippen LogP contribution in [0.25, 0.3) is 0 Å². The van der Waals surface area contributed by atoms with Crippen LogP contribution in [0.3, 0.4) is 0 Å².